The van der Waals surface area contributed by atoms with E-state index in [1.54, 1.807) is 6.07 Å². The van der Waals surface area contributed by atoms with Gasteiger partial charge in [-0.3, -0.25) is 4.79 Å². The fraction of sp³-hybridized carbons (Fsp3) is 0.417. The number of carbonyl (C=O) groups excluding carboxylic acids is 1. The minimum atomic E-state index is -0.403. The van der Waals surface area contributed by atoms with E-state index in [0.29, 0.717) is 18.7 Å². The van der Waals surface area contributed by atoms with Gasteiger partial charge in [0.15, 0.2) is 0 Å². The van der Waals surface area contributed by atoms with Gasteiger partial charge in [0.2, 0.25) is 5.91 Å². The zero-order chi connectivity index (χ0) is 21.1. The highest BCUT2D eigenvalue weighted by Gasteiger charge is 2.29. The van der Waals surface area contributed by atoms with Crippen LogP contribution in [0.15, 0.2) is 40.9 Å². The summed E-state index contributed by atoms with van der Waals surface area (Å²) < 4.78 is 14.5. The molecule has 1 aliphatic heterocycles. The van der Waals surface area contributed by atoms with E-state index in [-0.39, 0.29) is 17.9 Å². The van der Waals surface area contributed by atoms with E-state index >= 15 is 0 Å². The molecular formula is C24H25BrFN3O. The van der Waals surface area contributed by atoms with Crippen molar-refractivity contribution >= 4 is 27.5 Å². The van der Waals surface area contributed by atoms with Gasteiger partial charge in [-0.1, -0.05) is 28.4 Å². The summed E-state index contributed by atoms with van der Waals surface area (Å²) in [5.74, 6) is -0.315. The number of nitriles is 1. The van der Waals surface area contributed by atoms with Crippen LogP contribution in [0.25, 0.3) is 0 Å². The minimum absolute atomic E-state index is 0.0330. The molecule has 30 heavy (non-hydrogen) atoms. The first kappa shape index (κ1) is 20.9. The predicted octanol–water partition coefficient (Wildman–Crippen LogP) is 5.26. The van der Waals surface area contributed by atoms with Gasteiger partial charge in [-0.05, 0) is 73.6 Å². The van der Waals surface area contributed by atoms with Crippen LogP contribution in [0.4, 0.5) is 10.1 Å². The third kappa shape index (κ3) is 4.52. The van der Waals surface area contributed by atoms with Crippen LogP contribution in [0.2, 0.25) is 0 Å². The van der Waals surface area contributed by atoms with Crippen molar-refractivity contribution in [3.8, 4) is 6.07 Å². The Kier molecular flexibility index (Phi) is 6.38. The van der Waals surface area contributed by atoms with Gasteiger partial charge in [0.05, 0.1) is 17.3 Å². The van der Waals surface area contributed by atoms with Crippen molar-refractivity contribution in [2.24, 2.45) is 5.92 Å². The number of benzene rings is 2. The summed E-state index contributed by atoms with van der Waals surface area (Å²) in [5.41, 5.74) is 3.66. The molecule has 2 aliphatic rings. The number of piperidine rings is 1. The molecule has 0 bridgehead atoms. The van der Waals surface area contributed by atoms with Gasteiger partial charge in [-0.25, -0.2) is 4.39 Å². The first-order chi connectivity index (χ1) is 14.5. The van der Waals surface area contributed by atoms with Gasteiger partial charge < -0.3 is 10.2 Å². The second-order valence-electron chi connectivity index (χ2n) is 8.18. The highest BCUT2D eigenvalue weighted by Crippen LogP contribution is 2.32. The fourth-order valence-electron chi connectivity index (χ4n) is 4.65. The Morgan fingerprint density at radius 2 is 1.93 bits per heavy atom. The van der Waals surface area contributed by atoms with Crippen LogP contribution in [-0.4, -0.2) is 19.0 Å². The molecule has 1 unspecified atom stereocenters. The molecule has 1 heterocycles. The fourth-order valence-corrected chi connectivity index (χ4v) is 5.05. The van der Waals surface area contributed by atoms with Crippen LogP contribution < -0.4 is 10.2 Å². The third-order valence-corrected chi connectivity index (χ3v) is 6.76. The van der Waals surface area contributed by atoms with Crippen molar-refractivity contribution in [3.05, 3.63) is 63.4 Å². The van der Waals surface area contributed by atoms with E-state index in [1.807, 2.05) is 0 Å². The molecule has 6 heteroatoms. The van der Waals surface area contributed by atoms with Crippen molar-refractivity contribution in [1.82, 2.24) is 5.32 Å². The number of rotatable bonds is 3. The van der Waals surface area contributed by atoms with E-state index < -0.39 is 5.82 Å². The number of halogens is 2. The van der Waals surface area contributed by atoms with Crippen LogP contribution >= 0.6 is 15.9 Å². The van der Waals surface area contributed by atoms with Crippen LogP contribution in [0, 0.1) is 23.1 Å². The summed E-state index contributed by atoms with van der Waals surface area (Å²) in [6.45, 7) is 1.37. The van der Waals surface area contributed by atoms with Crippen molar-refractivity contribution in [2.45, 2.75) is 44.6 Å². The largest absolute Gasteiger partial charge is 0.370 e. The molecule has 4 nitrogen and oxygen atoms in total. The second-order valence-corrected chi connectivity index (χ2v) is 9.10. The highest BCUT2D eigenvalue weighted by molar-refractivity contribution is 9.10. The van der Waals surface area contributed by atoms with Crippen LogP contribution in [0.5, 0.6) is 0 Å². The maximum atomic E-state index is 13.4. The van der Waals surface area contributed by atoms with Gasteiger partial charge in [0.25, 0.3) is 0 Å². The van der Waals surface area contributed by atoms with Crippen molar-refractivity contribution < 1.29 is 9.18 Å². The zero-order valence-corrected chi connectivity index (χ0v) is 18.4. The minimum Gasteiger partial charge on any atom is -0.370 e. The van der Waals surface area contributed by atoms with E-state index in [4.69, 9.17) is 0 Å². The Hall–Kier alpha value is -2.39. The number of carbonyl (C=O) groups is 1. The normalized spacial score (nSPS) is 19.5. The lowest BCUT2D eigenvalue weighted by atomic mass is 9.93. The van der Waals surface area contributed by atoms with Gasteiger partial charge in [-0.2, -0.15) is 5.26 Å². The average Bonchev–Trinajstić information content (AvgIpc) is 2.95. The lowest BCUT2D eigenvalue weighted by molar-refractivity contribution is -0.126. The predicted molar refractivity (Wildman–Crippen MR) is 119 cm³/mol. The highest BCUT2D eigenvalue weighted by atomic mass is 79.9. The summed E-state index contributed by atoms with van der Waals surface area (Å²) in [7, 11) is 0. The second kappa shape index (κ2) is 9.18. The maximum Gasteiger partial charge on any atom is 0.223 e. The summed E-state index contributed by atoms with van der Waals surface area (Å²) in [6, 6.07) is 12.8. The number of fused-ring (bicyclic) bond motifs is 1. The van der Waals surface area contributed by atoms with Crippen LogP contribution in [-0.2, 0) is 11.2 Å². The lowest BCUT2D eigenvalue weighted by Gasteiger charge is -2.34. The monoisotopic (exact) mass is 469 g/mol. The van der Waals surface area contributed by atoms with Gasteiger partial charge in [0, 0.05) is 23.5 Å². The molecule has 2 aromatic carbocycles. The Labute approximate surface area is 185 Å². The topological polar surface area (TPSA) is 56.1 Å². The van der Waals surface area contributed by atoms with E-state index in [0.717, 1.165) is 48.7 Å². The first-order valence-corrected chi connectivity index (χ1v) is 11.4. The molecule has 4 rings (SSSR count). The Balaban J connectivity index is 1.40. The van der Waals surface area contributed by atoms with Crippen molar-refractivity contribution in [2.75, 3.05) is 18.0 Å². The molecule has 1 aliphatic carbocycles. The van der Waals surface area contributed by atoms with Gasteiger partial charge >= 0.3 is 0 Å². The maximum absolute atomic E-state index is 13.4. The molecule has 1 saturated heterocycles. The molecular weight excluding hydrogens is 445 g/mol. The lowest BCUT2D eigenvalue weighted by Crippen LogP contribution is -2.42. The molecule has 0 saturated carbocycles. The molecule has 0 radical (unpaired) electrons. The van der Waals surface area contributed by atoms with Crippen molar-refractivity contribution in [3.63, 3.8) is 0 Å². The van der Waals surface area contributed by atoms with Crippen molar-refractivity contribution in [1.29, 1.82) is 5.26 Å². The molecule has 0 aromatic heterocycles. The average molecular weight is 470 g/mol. The molecule has 156 valence electrons. The number of amides is 1. The number of hydrogen-bond donors (Lipinski definition) is 1. The smallest absolute Gasteiger partial charge is 0.223 e. The molecule has 1 N–H and O–H groups in total. The van der Waals surface area contributed by atoms with Gasteiger partial charge in [0.1, 0.15) is 11.9 Å². The Morgan fingerprint density at radius 3 is 2.70 bits per heavy atom. The van der Waals surface area contributed by atoms with E-state index in [9.17, 15) is 14.4 Å². The van der Waals surface area contributed by atoms with Crippen LogP contribution in [0.3, 0.4) is 0 Å². The summed E-state index contributed by atoms with van der Waals surface area (Å²) in [5, 5.41) is 12.6. The van der Waals surface area contributed by atoms with E-state index in [2.05, 4.69) is 50.4 Å². The van der Waals surface area contributed by atoms with E-state index in [1.165, 1.54) is 23.3 Å². The molecule has 1 amide bonds. The first-order valence-electron chi connectivity index (χ1n) is 10.6. The van der Waals surface area contributed by atoms with Crippen LogP contribution in [0.1, 0.15) is 54.8 Å². The molecule has 1 atom stereocenters. The summed E-state index contributed by atoms with van der Waals surface area (Å²) in [4.78, 5) is 15.1. The number of anilines is 1. The molecule has 1 fully saturated rings. The molecule has 0 spiro atoms. The van der Waals surface area contributed by atoms with Gasteiger partial charge in [-0.15, -0.1) is 0 Å². The molecule has 2 aromatic rings. The zero-order valence-electron chi connectivity index (χ0n) is 16.8. The Morgan fingerprint density at radius 1 is 1.13 bits per heavy atom. The summed E-state index contributed by atoms with van der Waals surface area (Å²) >= 11 is 3.56. The SMILES string of the molecule is N#Cc1cc(F)ccc1N1CCC(C(=O)NC2CCCCc3cc(Br)ccc32)CC1. The number of aryl methyl sites for hydroxylation is 1. The number of nitrogens with zero attached hydrogens (tertiary/aromatic N) is 2. The quantitative estimate of drug-likeness (QED) is 0.623. The standard InChI is InChI=1S/C24H25BrFN3O/c25-19-5-7-21-17(13-19)3-1-2-4-22(21)28-24(30)16-9-11-29(12-10-16)23-8-6-20(26)14-18(23)15-27/h5-8,13-14,16,22H,1-4,9-12H2,(H,28,30). The number of nitrogens with one attached hydrogen (secondary N) is 1. The third-order valence-electron chi connectivity index (χ3n) is 6.27. The summed E-state index contributed by atoms with van der Waals surface area (Å²) in [6.07, 6.45) is 5.74. The number of hydrogen-bond acceptors (Lipinski definition) is 3. The Bertz CT molecular complexity index is 979.